The maximum absolute atomic E-state index is 12.5. The Morgan fingerprint density at radius 1 is 1.26 bits per heavy atom. The van der Waals surface area contributed by atoms with Gasteiger partial charge in [-0.05, 0) is 35.9 Å². The molecule has 1 aromatic heterocycles. The summed E-state index contributed by atoms with van der Waals surface area (Å²) in [5, 5.41) is 3.16. The molecule has 0 saturated heterocycles. The third-order valence-corrected chi connectivity index (χ3v) is 4.05. The molecule has 0 radical (unpaired) electrons. The normalized spacial score (nSPS) is 10.7. The van der Waals surface area contributed by atoms with Gasteiger partial charge in [0.05, 0.1) is 23.8 Å². The maximum atomic E-state index is 12.5. The molecule has 0 aliphatic heterocycles. The quantitative estimate of drug-likeness (QED) is 0.769. The summed E-state index contributed by atoms with van der Waals surface area (Å²) in [6.07, 6.45) is 1.53. The van der Waals surface area contributed by atoms with Gasteiger partial charge >= 0.3 is 0 Å². The van der Waals surface area contributed by atoms with Crippen molar-refractivity contribution in [1.82, 2.24) is 14.9 Å². The van der Waals surface area contributed by atoms with Crippen molar-refractivity contribution < 1.29 is 4.79 Å². The predicted molar refractivity (Wildman–Crippen MR) is 92.6 cm³/mol. The first-order valence-corrected chi connectivity index (χ1v) is 7.83. The Labute approximate surface area is 141 Å². The smallest absolute Gasteiger partial charge is 0.261 e. The first-order valence-electron chi connectivity index (χ1n) is 7.04. The molecule has 0 aliphatic rings. The van der Waals surface area contributed by atoms with Gasteiger partial charge in [-0.2, -0.15) is 0 Å². The van der Waals surface area contributed by atoms with E-state index in [4.69, 9.17) is 0 Å². The molecule has 5 nitrogen and oxygen atoms in total. The number of nitrogens with one attached hydrogen (secondary N) is 1. The van der Waals surface area contributed by atoms with E-state index in [0.29, 0.717) is 23.0 Å². The molecule has 2 aromatic carbocycles. The van der Waals surface area contributed by atoms with Crippen molar-refractivity contribution in [3.63, 3.8) is 0 Å². The zero-order chi connectivity index (χ0) is 16.4. The minimum atomic E-state index is -0.152. The SMILES string of the molecule is CNC(=O)c1cccc(Cn2cnc3cc(Br)ccc3c2=O)c1. The van der Waals surface area contributed by atoms with E-state index in [0.717, 1.165) is 10.0 Å². The molecule has 1 N–H and O–H groups in total. The van der Waals surface area contributed by atoms with E-state index >= 15 is 0 Å². The van der Waals surface area contributed by atoms with Crippen LogP contribution >= 0.6 is 15.9 Å². The lowest BCUT2D eigenvalue weighted by molar-refractivity contribution is 0.0963. The number of hydrogen-bond acceptors (Lipinski definition) is 3. The third kappa shape index (κ3) is 3.17. The fourth-order valence-electron chi connectivity index (χ4n) is 2.40. The van der Waals surface area contributed by atoms with Gasteiger partial charge in [0.15, 0.2) is 0 Å². The molecule has 0 fully saturated rings. The van der Waals surface area contributed by atoms with Crippen LogP contribution < -0.4 is 10.9 Å². The standard InChI is InChI=1S/C17H14BrN3O2/c1-19-16(22)12-4-2-3-11(7-12)9-21-10-20-15-8-13(18)5-6-14(15)17(21)23/h2-8,10H,9H2,1H3,(H,19,22). The fourth-order valence-corrected chi connectivity index (χ4v) is 2.75. The van der Waals surface area contributed by atoms with Gasteiger partial charge < -0.3 is 5.32 Å². The molecule has 1 amide bonds. The summed E-state index contributed by atoms with van der Waals surface area (Å²) in [6.45, 7) is 0.364. The topological polar surface area (TPSA) is 64.0 Å². The van der Waals surface area contributed by atoms with E-state index in [2.05, 4.69) is 26.2 Å². The van der Waals surface area contributed by atoms with Gasteiger partial charge in [0.1, 0.15) is 0 Å². The van der Waals surface area contributed by atoms with Crippen molar-refractivity contribution in [2.75, 3.05) is 7.05 Å². The molecule has 0 bridgehead atoms. The van der Waals surface area contributed by atoms with E-state index in [1.165, 1.54) is 6.33 Å². The van der Waals surface area contributed by atoms with Crippen molar-refractivity contribution in [3.05, 3.63) is 74.7 Å². The van der Waals surface area contributed by atoms with Crippen LogP contribution in [0.15, 0.2) is 58.1 Å². The minimum absolute atomic E-state index is 0.104. The van der Waals surface area contributed by atoms with Crippen LogP contribution in [0.5, 0.6) is 0 Å². The summed E-state index contributed by atoms with van der Waals surface area (Å²) in [6, 6.07) is 12.6. The molecule has 1 heterocycles. The zero-order valence-corrected chi connectivity index (χ0v) is 14.0. The zero-order valence-electron chi connectivity index (χ0n) is 12.4. The molecule has 3 aromatic rings. The Morgan fingerprint density at radius 2 is 2.09 bits per heavy atom. The maximum Gasteiger partial charge on any atom is 0.261 e. The third-order valence-electron chi connectivity index (χ3n) is 3.56. The van der Waals surface area contributed by atoms with Crippen molar-refractivity contribution in [1.29, 1.82) is 0 Å². The second-order valence-corrected chi connectivity index (χ2v) is 6.03. The second-order valence-electron chi connectivity index (χ2n) is 5.12. The molecule has 0 atom stereocenters. The first-order chi connectivity index (χ1) is 11.1. The fraction of sp³-hybridized carbons (Fsp3) is 0.118. The summed E-state index contributed by atoms with van der Waals surface area (Å²) in [5.41, 5.74) is 1.98. The van der Waals surface area contributed by atoms with Crippen LogP contribution in [0, 0.1) is 0 Å². The van der Waals surface area contributed by atoms with Gasteiger partial charge in [0.2, 0.25) is 0 Å². The van der Waals surface area contributed by atoms with E-state index in [-0.39, 0.29) is 11.5 Å². The Hall–Kier alpha value is -2.47. The second kappa shape index (κ2) is 6.34. The van der Waals surface area contributed by atoms with Gasteiger partial charge in [-0.25, -0.2) is 4.98 Å². The number of hydrogen-bond donors (Lipinski definition) is 1. The Bertz CT molecular complexity index is 950. The Balaban J connectivity index is 1.99. The van der Waals surface area contributed by atoms with Crippen LogP contribution in [0.4, 0.5) is 0 Å². The van der Waals surface area contributed by atoms with Crippen LogP contribution in [0.3, 0.4) is 0 Å². The number of aromatic nitrogens is 2. The van der Waals surface area contributed by atoms with E-state index in [1.54, 1.807) is 35.9 Å². The predicted octanol–water partition coefficient (Wildman–Crippen LogP) is 2.57. The van der Waals surface area contributed by atoms with Gasteiger partial charge in [-0.1, -0.05) is 28.1 Å². The number of carbonyl (C=O) groups excluding carboxylic acids is 1. The summed E-state index contributed by atoms with van der Waals surface area (Å²) >= 11 is 3.37. The molecular weight excluding hydrogens is 358 g/mol. The number of amides is 1. The average molecular weight is 372 g/mol. The lowest BCUT2D eigenvalue weighted by Gasteiger charge is -2.08. The first kappa shape index (κ1) is 15.4. The highest BCUT2D eigenvalue weighted by Gasteiger charge is 2.07. The summed E-state index contributed by atoms with van der Waals surface area (Å²) in [7, 11) is 1.59. The lowest BCUT2D eigenvalue weighted by Crippen LogP contribution is -2.22. The number of benzene rings is 2. The summed E-state index contributed by atoms with van der Waals surface area (Å²) in [5.74, 6) is -0.152. The molecule has 23 heavy (non-hydrogen) atoms. The highest BCUT2D eigenvalue weighted by atomic mass is 79.9. The van der Waals surface area contributed by atoms with Crippen molar-refractivity contribution in [2.24, 2.45) is 0 Å². The van der Waals surface area contributed by atoms with E-state index in [1.807, 2.05) is 18.2 Å². The number of halogens is 1. The van der Waals surface area contributed by atoms with Crippen molar-refractivity contribution in [2.45, 2.75) is 6.54 Å². The Morgan fingerprint density at radius 3 is 2.87 bits per heavy atom. The largest absolute Gasteiger partial charge is 0.355 e. The highest BCUT2D eigenvalue weighted by molar-refractivity contribution is 9.10. The van der Waals surface area contributed by atoms with E-state index in [9.17, 15) is 9.59 Å². The van der Waals surface area contributed by atoms with Gasteiger partial charge in [-0.15, -0.1) is 0 Å². The molecular formula is C17H14BrN3O2. The van der Waals surface area contributed by atoms with Crippen molar-refractivity contribution >= 4 is 32.7 Å². The molecule has 0 unspecified atom stereocenters. The number of nitrogens with zero attached hydrogens (tertiary/aromatic N) is 2. The van der Waals surface area contributed by atoms with Crippen molar-refractivity contribution in [3.8, 4) is 0 Å². The molecule has 0 spiro atoms. The average Bonchev–Trinajstić information content (AvgIpc) is 2.57. The molecule has 3 rings (SSSR count). The Kier molecular flexibility index (Phi) is 4.25. The summed E-state index contributed by atoms with van der Waals surface area (Å²) in [4.78, 5) is 28.6. The molecule has 116 valence electrons. The molecule has 0 saturated carbocycles. The van der Waals surface area contributed by atoms with Gasteiger partial charge in [0, 0.05) is 17.1 Å². The highest BCUT2D eigenvalue weighted by Crippen LogP contribution is 2.15. The van der Waals surface area contributed by atoms with Crippen LogP contribution in [-0.2, 0) is 6.54 Å². The van der Waals surface area contributed by atoms with Gasteiger partial charge in [0.25, 0.3) is 11.5 Å². The van der Waals surface area contributed by atoms with E-state index < -0.39 is 0 Å². The van der Waals surface area contributed by atoms with Crippen LogP contribution in [-0.4, -0.2) is 22.5 Å². The summed E-state index contributed by atoms with van der Waals surface area (Å²) < 4.78 is 2.42. The monoisotopic (exact) mass is 371 g/mol. The number of fused-ring (bicyclic) bond motifs is 1. The van der Waals surface area contributed by atoms with Crippen LogP contribution in [0.1, 0.15) is 15.9 Å². The lowest BCUT2D eigenvalue weighted by atomic mass is 10.1. The molecule has 6 heteroatoms. The van der Waals surface area contributed by atoms with Gasteiger partial charge in [-0.3, -0.25) is 14.2 Å². The van der Waals surface area contributed by atoms with Crippen LogP contribution in [0.2, 0.25) is 0 Å². The van der Waals surface area contributed by atoms with Crippen LogP contribution in [0.25, 0.3) is 10.9 Å². The molecule has 0 aliphatic carbocycles. The number of rotatable bonds is 3. The minimum Gasteiger partial charge on any atom is -0.355 e. The number of carbonyl (C=O) groups is 1.